The van der Waals surface area contributed by atoms with Crippen LogP contribution in [-0.2, 0) is 13.6 Å². The van der Waals surface area contributed by atoms with E-state index in [1.165, 1.54) is 0 Å². The molecule has 19 heavy (non-hydrogen) atoms. The molecule has 5 heteroatoms. The van der Waals surface area contributed by atoms with Gasteiger partial charge in [0.25, 0.3) is 11.5 Å². The summed E-state index contributed by atoms with van der Waals surface area (Å²) >= 11 is 0. The lowest BCUT2D eigenvalue weighted by Crippen LogP contribution is -2.25. The molecule has 5 nitrogen and oxygen atoms in total. The quantitative estimate of drug-likeness (QED) is 0.906. The average molecular weight is 261 g/mol. The van der Waals surface area contributed by atoms with Gasteiger partial charge in [-0.05, 0) is 25.5 Å². The first-order valence-electron chi connectivity index (χ1n) is 6.57. The molecule has 0 spiro atoms. The van der Waals surface area contributed by atoms with Crippen molar-refractivity contribution >= 4 is 16.8 Å². The molecule has 0 saturated carbocycles. The fourth-order valence-electron chi connectivity index (χ4n) is 2.17. The molecule has 1 N–H and O–H groups in total. The van der Waals surface area contributed by atoms with Crippen LogP contribution in [0.3, 0.4) is 0 Å². The molecular formula is C14H19N3O2. The summed E-state index contributed by atoms with van der Waals surface area (Å²) in [6, 6.07) is 3.55. The Kier molecular flexibility index (Phi) is 3.74. The van der Waals surface area contributed by atoms with Crippen molar-refractivity contribution in [1.82, 2.24) is 14.5 Å². The van der Waals surface area contributed by atoms with Crippen LogP contribution in [0.15, 0.2) is 23.1 Å². The predicted octanol–water partition coefficient (Wildman–Crippen LogP) is 1.50. The van der Waals surface area contributed by atoms with Gasteiger partial charge in [0.15, 0.2) is 0 Å². The summed E-state index contributed by atoms with van der Waals surface area (Å²) < 4.78 is 3.40. The van der Waals surface area contributed by atoms with E-state index in [1.807, 2.05) is 19.9 Å². The highest BCUT2D eigenvalue weighted by Gasteiger charge is 2.15. The van der Waals surface area contributed by atoms with Crippen LogP contribution in [-0.4, -0.2) is 21.6 Å². The van der Waals surface area contributed by atoms with E-state index in [4.69, 9.17) is 0 Å². The van der Waals surface area contributed by atoms with Crippen molar-refractivity contribution in [2.45, 2.75) is 26.8 Å². The first kappa shape index (κ1) is 13.4. The van der Waals surface area contributed by atoms with Crippen LogP contribution >= 0.6 is 0 Å². The fraction of sp³-hybridized carbons (Fsp3) is 0.429. The predicted molar refractivity (Wildman–Crippen MR) is 75.5 cm³/mol. The summed E-state index contributed by atoms with van der Waals surface area (Å²) in [6.45, 7) is 5.19. The first-order valence-corrected chi connectivity index (χ1v) is 6.57. The largest absolute Gasteiger partial charge is 0.351 e. The lowest BCUT2D eigenvalue weighted by atomic mass is 10.3. The number of nitrogens with one attached hydrogen (secondary N) is 1. The highest BCUT2D eigenvalue weighted by molar-refractivity contribution is 5.98. The standard InChI is InChI=1S/C14H19N3O2/c1-4-7-15-13(18)12-9-10-11(16(12)3)6-8-17(5-2)14(10)19/h6,8-9H,4-5,7H2,1-3H3,(H,15,18). The number of carbonyl (C=O) groups excluding carboxylic acids is 1. The Balaban J connectivity index is 2.53. The molecule has 102 valence electrons. The molecule has 0 atom stereocenters. The summed E-state index contributed by atoms with van der Waals surface area (Å²) in [6.07, 6.45) is 2.65. The zero-order valence-electron chi connectivity index (χ0n) is 11.6. The number of aromatic nitrogens is 2. The third-order valence-corrected chi connectivity index (χ3v) is 3.29. The van der Waals surface area contributed by atoms with Gasteiger partial charge in [-0.25, -0.2) is 0 Å². The third kappa shape index (κ3) is 2.28. The highest BCUT2D eigenvalue weighted by Crippen LogP contribution is 2.15. The van der Waals surface area contributed by atoms with Crippen LogP contribution in [0.1, 0.15) is 30.8 Å². The summed E-state index contributed by atoms with van der Waals surface area (Å²) in [4.78, 5) is 24.2. The van der Waals surface area contributed by atoms with E-state index in [9.17, 15) is 9.59 Å². The maximum absolute atomic E-state index is 12.2. The van der Waals surface area contributed by atoms with Crippen molar-refractivity contribution in [2.75, 3.05) is 6.54 Å². The number of rotatable bonds is 4. The first-order chi connectivity index (χ1) is 9.10. The van der Waals surface area contributed by atoms with E-state index in [-0.39, 0.29) is 11.5 Å². The van der Waals surface area contributed by atoms with Gasteiger partial charge in [0.1, 0.15) is 5.69 Å². The van der Waals surface area contributed by atoms with Gasteiger partial charge < -0.3 is 14.5 Å². The SMILES string of the molecule is CCCNC(=O)c1cc2c(=O)n(CC)ccc2n1C. The van der Waals surface area contributed by atoms with Crippen molar-refractivity contribution in [1.29, 1.82) is 0 Å². The Hall–Kier alpha value is -2.04. The lowest BCUT2D eigenvalue weighted by molar-refractivity contribution is 0.0946. The molecule has 0 aromatic carbocycles. The van der Waals surface area contributed by atoms with Crippen LogP contribution in [0.4, 0.5) is 0 Å². The minimum Gasteiger partial charge on any atom is -0.351 e. The second kappa shape index (κ2) is 5.30. The van der Waals surface area contributed by atoms with Gasteiger partial charge in [-0.2, -0.15) is 0 Å². The summed E-state index contributed by atoms with van der Waals surface area (Å²) in [5.41, 5.74) is 1.26. The van der Waals surface area contributed by atoms with Crippen LogP contribution in [0.5, 0.6) is 0 Å². The molecule has 2 rings (SSSR count). The Bertz CT molecular complexity index is 667. The topological polar surface area (TPSA) is 56.0 Å². The average Bonchev–Trinajstić information content (AvgIpc) is 2.75. The molecule has 2 heterocycles. The number of hydrogen-bond donors (Lipinski definition) is 1. The smallest absolute Gasteiger partial charge is 0.267 e. The normalized spacial score (nSPS) is 10.9. The molecule has 0 bridgehead atoms. The minimum atomic E-state index is -0.136. The number of amides is 1. The fourth-order valence-corrected chi connectivity index (χ4v) is 2.17. The number of carbonyl (C=O) groups is 1. The maximum Gasteiger partial charge on any atom is 0.267 e. The molecular weight excluding hydrogens is 242 g/mol. The van der Waals surface area contributed by atoms with Gasteiger partial charge in [0.05, 0.1) is 10.9 Å². The van der Waals surface area contributed by atoms with E-state index in [1.54, 1.807) is 28.4 Å². The summed E-state index contributed by atoms with van der Waals surface area (Å²) in [5, 5.41) is 3.42. The molecule has 1 amide bonds. The van der Waals surface area contributed by atoms with Gasteiger partial charge in [-0.1, -0.05) is 6.92 Å². The Morgan fingerprint density at radius 2 is 2.11 bits per heavy atom. The van der Waals surface area contributed by atoms with Crippen LogP contribution in [0, 0.1) is 0 Å². The highest BCUT2D eigenvalue weighted by atomic mass is 16.2. The lowest BCUT2D eigenvalue weighted by Gasteiger charge is -2.05. The van der Waals surface area contributed by atoms with Crippen molar-refractivity contribution in [3.05, 3.63) is 34.4 Å². The summed E-state index contributed by atoms with van der Waals surface area (Å²) in [5.74, 6) is -0.136. The molecule has 0 saturated heterocycles. The van der Waals surface area contributed by atoms with Crippen molar-refractivity contribution < 1.29 is 4.79 Å². The number of fused-ring (bicyclic) bond motifs is 1. The molecule has 0 aliphatic rings. The van der Waals surface area contributed by atoms with E-state index in [2.05, 4.69) is 5.32 Å². The van der Waals surface area contributed by atoms with Crippen LogP contribution < -0.4 is 10.9 Å². The van der Waals surface area contributed by atoms with E-state index >= 15 is 0 Å². The zero-order chi connectivity index (χ0) is 14.0. The summed E-state index contributed by atoms with van der Waals surface area (Å²) in [7, 11) is 1.80. The Labute approximate surface area is 111 Å². The molecule has 0 aliphatic carbocycles. The third-order valence-electron chi connectivity index (χ3n) is 3.29. The van der Waals surface area contributed by atoms with E-state index in [0.717, 1.165) is 11.9 Å². The number of nitrogens with zero attached hydrogens (tertiary/aromatic N) is 2. The molecule has 0 fully saturated rings. The molecule has 0 radical (unpaired) electrons. The molecule has 2 aromatic heterocycles. The van der Waals surface area contributed by atoms with Crippen molar-refractivity contribution in [3.63, 3.8) is 0 Å². The Morgan fingerprint density at radius 1 is 1.37 bits per heavy atom. The van der Waals surface area contributed by atoms with Gasteiger partial charge in [0.2, 0.25) is 0 Å². The molecule has 0 unspecified atom stereocenters. The second-order valence-corrected chi connectivity index (χ2v) is 4.55. The van der Waals surface area contributed by atoms with Crippen molar-refractivity contribution in [2.24, 2.45) is 7.05 Å². The Morgan fingerprint density at radius 3 is 2.74 bits per heavy atom. The monoisotopic (exact) mass is 261 g/mol. The van der Waals surface area contributed by atoms with Crippen molar-refractivity contribution in [3.8, 4) is 0 Å². The van der Waals surface area contributed by atoms with Gasteiger partial charge in [-0.3, -0.25) is 9.59 Å². The van der Waals surface area contributed by atoms with Gasteiger partial charge in [0, 0.05) is 26.3 Å². The maximum atomic E-state index is 12.2. The van der Waals surface area contributed by atoms with Gasteiger partial charge in [-0.15, -0.1) is 0 Å². The van der Waals surface area contributed by atoms with E-state index in [0.29, 0.717) is 24.2 Å². The van der Waals surface area contributed by atoms with E-state index < -0.39 is 0 Å². The second-order valence-electron chi connectivity index (χ2n) is 4.55. The van der Waals surface area contributed by atoms with Crippen LogP contribution in [0.2, 0.25) is 0 Å². The molecule has 0 aliphatic heterocycles. The molecule has 2 aromatic rings. The zero-order valence-corrected chi connectivity index (χ0v) is 11.6. The van der Waals surface area contributed by atoms with Gasteiger partial charge >= 0.3 is 0 Å². The number of hydrogen-bond acceptors (Lipinski definition) is 2. The number of aryl methyl sites for hydroxylation is 2. The number of pyridine rings is 1. The van der Waals surface area contributed by atoms with Crippen LogP contribution in [0.25, 0.3) is 10.9 Å². The minimum absolute atomic E-state index is 0.0508.